The van der Waals surface area contributed by atoms with E-state index in [0.717, 1.165) is 0 Å². The van der Waals surface area contributed by atoms with Crippen LogP contribution in [0.1, 0.15) is 17.3 Å². The van der Waals surface area contributed by atoms with Crippen LogP contribution in [0.5, 0.6) is 0 Å². The molecule has 1 heterocycles. The standard InChI is InChI=1S/C10H14N2O3/c1-7(6-13)11-10(15)8-3-4-12(2)9(14)5-8/h3-5,7,13H,6H2,1-2H3,(H,11,15)/t7-/m1/s1. The fraction of sp³-hybridized carbons (Fsp3) is 0.400. The van der Waals surface area contributed by atoms with Gasteiger partial charge in [-0.3, -0.25) is 9.59 Å². The highest BCUT2D eigenvalue weighted by molar-refractivity contribution is 5.94. The minimum Gasteiger partial charge on any atom is -0.394 e. The van der Waals surface area contributed by atoms with Crippen LogP contribution >= 0.6 is 0 Å². The van der Waals surface area contributed by atoms with Gasteiger partial charge in [0.25, 0.3) is 11.5 Å². The molecule has 5 heteroatoms. The van der Waals surface area contributed by atoms with E-state index >= 15 is 0 Å². The smallest absolute Gasteiger partial charge is 0.251 e. The average Bonchev–Trinajstić information content (AvgIpc) is 2.21. The second-order valence-corrected chi connectivity index (χ2v) is 3.42. The van der Waals surface area contributed by atoms with Crippen molar-refractivity contribution in [3.05, 3.63) is 34.2 Å². The summed E-state index contributed by atoms with van der Waals surface area (Å²) in [6.07, 6.45) is 1.53. The van der Waals surface area contributed by atoms with Gasteiger partial charge in [0, 0.05) is 30.9 Å². The Balaban J connectivity index is 2.83. The van der Waals surface area contributed by atoms with E-state index in [0.29, 0.717) is 5.56 Å². The summed E-state index contributed by atoms with van der Waals surface area (Å²) in [7, 11) is 1.61. The van der Waals surface area contributed by atoms with Gasteiger partial charge in [0.15, 0.2) is 0 Å². The molecule has 0 unspecified atom stereocenters. The van der Waals surface area contributed by atoms with E-state index < -0.39 is 0 Å². The molecule has 0 saturated heterocycles. The molecule has 1 atom stereocenters. The van der Waals surface area contributed by atoms with Gasteiger partial charge in [0.1, 0.15) is 0 Å². The lowest BCUT2D eigenvalue weighted by Crippen LogP contribution is -2.35. The van der Waals surface area contributed by atoms with Gasteiger partial charge < -0.3 is 15.0 Å². The molecule has 15 heavy (non-hydrogen) atoms. The van der Waals surface area contributed by atoms with Crippen molar-refractivity contribution < 1.29 is 9.90 Å². The Kier molecular flexibility index (Phi) is 3.62. The lowest BCUT2D eigenvalue weighted by molar-refractivity contribution is 0.0922. The van der Waals surface area contributed by atoms with Crippen LogP contribution < -0.4 is 10.9 Å². The van der Waals surface area contributed by atoms with Gasteiger partial charge in [-0.25, -0.2) is 0 Å². The maximum Gasteiger partial charge on any atom is 0.251 e. The summed E-state index contributed by atoms with van der Waals surface area (Å²) in [5, 5.41) is 11.3. The molecular weight excluding hydrogens is 196 g/mol. The van der Waals surface area contributed by atoms with E-state index in [-0.39, 0.29) is 24.1 Å². The number of aliphatic hydroxyl groups excluding tert-OH is 1. The second-order valence-electron chi connectivity index (χ2n) is 3.42. The van der Waals surface area contributed by atoms with Gasteiger partial charge in [-0.15, -0.1) is 0 Å². The van der Waals surface area contributed by atoms with Crippen molar-refractivity contribution in [3.63, 3.8) is 0 Å². The maximum absolute atomic E-state index is 11.5. The zero-order valence-electron chi connectivity index (χ0n) is 8.73. The van der Waals surface area contributed by atoms with Crippen LogP contribution in [0.3, 0.4) is 0 Å². The molecule has 82 valence electrons. The minimum atomic E-state index is -0.353. The highest BCUT2D eigenvalue weighted by Gasteiger charge is 2.09. The van der Waals surface area contributed by atoms with E-state index in [1.54, 1.807) is 20.0 Å². The van der Waals surface area contributed by atoms with E-state index in [9.17, 15) is 9.59 Å². The molecule has 0 aliphatic heterocycles. The number of carbonyl (C=O) groups excluding carboxylic acids is 1. The monoisotopic (exact) mass is 210 g/mol. The van der Waals surface area contributed by atoms with Crippen LogP contribution in [0, 0.1) is 0 Å². The number of amides is 1. The lowest BCUT2D eigenvalue weighted by atomic mass is 10.2. The van der Waals surface area contributed by atoms with E-state index in [1.807, 2.05) is 0 Å². The van der Waals surface area contributed by atoms with Gasteiger partial charge in [0.05, 0.1) is 6.61 Å². The lowest BCUT2D eigenvalue weighted by Gasteiger charge is -2.10. The number of aliphatic hydroxyl groups is 1. The first kappa shape index (κ1) is 11.5. The van der Waals surface area contributed by atoms with Crippen molar-refractivity contribution in [1.82, 2.24) is 9.88 Å². The topological polar surface area (TPSA) is 71.3 Å². The fourth-order valence-electron chi connectivity index (χ4n) is 1.04. The minimum absolute atomic E-state index is 0.128. The summed E-state index contributed by atoms with van der Waals surface area (Å²) in [6, 6.07) is 2.50. The first-order chi connectivity index (χ1) is 7.04. The number of carbonyl (C=O) groups is 1. The Morgan fingerprint density at radius 2 is 2.33 bits per heavy atom. The Morgan fingerprint density at radius 3 is 2.87 bits per heavy atom. The SMILES string of the molecule is C[C@H](CO)NC(=O)c1ccn(C)c(=O)c1. The number of aryl methyl sites for hydroxylation is 1. The van der Waals surface area contributed by atoms with Crippen LogP contribution in [-0.2, 0) is 7.05 Å². The van der Waals surface area contributed by atoms with Crippen molar-refractivity contribution in [2.24, 2.45) is 7.05 Å². The Bertz CT molecular complexity index is 411. The fourth-order valence-corrected chi connectivity index (χ4v) is 1.04. The molecule has 0 aliphatic carbocycles. The normalized spacial score (nSPS) is 12.2. The Morgan fingerprint density at radius 1 is 1.67 bits per heavy atom. The van der Waals surface area contributed by atoms with Crippen molar-refractivity contribution in [2.45, 2.75) is 13.0 Å². The van der Waals surface area contributed by atoms with Crippen molar-refractivity contribution in [2.75, 3.05) is 6.61 Å². The maximum atomic E-state index is 11.5. The van der Waals surface area contributed by atoms with E-state index in [1.165, 1.54) is 16.8 Å². The van der Waals surface area contributed by atoms with Gasteiger partial charge in [-0.2, -0.15) is 0 Å². The summed E-state index contributed by atoms with van der Waals surface area (Å²) in [5.74, 6) is -0.353. The molecule has 1 rings (SSSR count). The number of rotatable bonds is 3. The van der Waals surface area contributed by atoms with Crippen molar-refractivity contribution in [1.29, 1.82) is 0 Å². The highest BCUT2D eigenvalue weighted by Crippen LogP contribution is 1.95. The summed E-state index contributed by atoms with van der Waals surface area (Å²) in [6.45, 7) is 1.55. The number of nitrogens with one attached hydrogen (secondary N) is 1. The average molecular weight is 210 g/mol. The molecule has 0 radical (unpaired) electrons. The molecule has 0 aromatic carbocycles. The first-order valence-corrected chi connectivity index (χ1v) is 4.63. The zero-order chi connectivity index (χ0) is 11.4. The molecule has 1 aromatic heterocycles. The van der Waals surface area contributed by atoms with Gasteiger partial charge in [-0.05, 0) is 13.0 Å². The van der Waals surface area contributed by atoms with E-state index in [4.69, 9.17) is 5.11 Å². The second kappa shape index (κ2) is 4.75. The molecular formula is C10H14N2O3. The number of nitrogens with zero attached hydrogens (tertiary/aromatic N) is 1. The largest absolute Gasteiger partial charge is 0.394 e. The number of hydrogen-bond acceptors (Lipinski definition) is 3. The third-order valence-electron chi connectivity index (χ3n) is 2.02. The number of hydrogen-bond donors (Lipinski definition) is 2. The van der Waals surface area contributed by atoms with Crippen LogP contribution in [0.4, 0.5) is 0 Å². The third kappa shape index (κ3) is 2.92. The molecule has 1 amide bonds. The summed E-state index contributed by atoms with van der Waals surface area (Å²) >= 11 is 0. The summed E-state index contributed by atoms with van der Waals surface area (Å²) in [5.41, 5.74) is 0.0673. The Hall–Kier alpha value is -1.62. The van der Waals surface area contributed by atoms with Crippen LogP contribution in [0.15, 0.2) is 23.1 Å². The molecule has 0 fully saturated rings. The van der Waals surface area contributed by atoms with Crippen molar-refractivity contribution >= 4 is 5.91 Å². The summed E-state index contributed by atoms with van der Waals surface area (Å²) in [4.78, 5) is 22.7. The molecule has 0 aliphatic rings. The quantitative estimate of drug-likeness (QED) is 0.706. The molecule has 5 nitrogen and oxygen atoms in total. The predicted molar refractivity (Wildman–Crippen MR) is 55.7 cm³/mol. The van der Waals surface area contributed by atoms with Crippen molar-refractivity contribution in [3.8, 4) is 0 Å². The highest BCUT2D eigenvalue weighted by atomic mass is 16.3. The molecule has 1 aromatic rings. The van der Waals surface area contributed by atoms with Crippen LogP contribution in [0.25, 0.3) is 0 Å². The Labute approximate surface area is 87.4 Å². The van der Waals surface area contributed by atoms with Crippen LogP contribution in [-0.4, -0.2) is 28.2 Å². The van der Waals surface area contributed by atoms with E-state index in [2.05, 4.69) is 5.32 Å². The molecule has 2 N–H and O–H groups in total. The number of pyridine rings is 1. The molecule has 0 spiro atoms. The van der Waals surface area contributed by atoms with Crippen LogP contribution in [0.2, 0.25) is 0 Å². The summed E-state index contributed by atoms with van der Waals surface area (Å²) < 4.78 is 1.38. The predicted octanol–water partition coefficient (Wildman–Crippen LogP) is -0.504. The van der Waals surface area contributed by atoms with Gasteiger partial charge in [0.2, 0.25) is 0 Å². The third-order valence-corrected chi connectivity index (χ3v) is 2.02. The first-order valence-electron chi connectivity index (χ1n) is 4.63. The van der Waals surface area contributed by atoms with Gasteiger partial charge in [-0.1, -0.05) is 0 Å². The molecule has 0 bridgehead atoms. The molecule has 0 saturated carbocycles. The van der Waals surface area contributed by atoms with Gasteiger partial charge >= 0.3 is 0 Å². The zero-order valence-corrected chi connectivity index (χ0v) is 8.73. The number of aromatic nitrogens is 1.